The third-order valence-electron chi connectivity index (χ3n) is 2.97. The van der Waals surface area contributed by atoms with Crippen LogP contribution < -0.4 is 5.32 Å². The molecule has 2 rings (SSSR count). The van der Waals surface area contributed by atoms with Crippen LogP contribution in [0.4, 0.5) is 0 Å². The van der Waals surface area contributed by atoms with Gasteiger partial charge in [0.2, 0.25) is 0 Å². The number of likely N-dealkylation sites (N-methyl/N-ethyl adjacent to an activating group) is 1. The number of aromatic nitrogens is 1. The van der Waals surface area contributed by atoms with Crippen LogP contribution in [0, 0.1) is 0 Å². The first-order chi connectivity index (χ1) is 7.75. The van der Waals surface area contributed by atoms with E-state index in [1.807, 2.05) is 12.1 Å². The van der Waals surface area contributed by atoms with E-state index in [2.05, 4.69) is 22.2 Å². The number of nitrogens with one attached hydrogen (secondary N) is 1. The van der Waals surface area contributed by atoms with Gasteiger partial charge >= 0.3 is 0 Å². The second-order valence-corrected chi connectivity index (χ2v) is 4.80. The molecule has 16 heavy (non-hydrogen) atoms. The molecule has 1 N–H and O–H groups in total. The van der Waals surface area contributed by atoms with Gasteiger partial charge in [-0.3, -0.25) is 0 Å². The predicted molar refractivity (Wildman–Crippen MR) is 66.6 cm³/mol. The van der Waals surface area contributed by atoms with E-state index in [0.29, 0.717) is 11.2 Å². The van der Waals surface area contributed by atoms with Crippen LogP contribution in [-0.2, 0) is 6.54 Å². The second kappa shape index (κ2) is 5.62. The zero-order valence-corrected chi connectivity index (χ0v) is 10.4. The lowest BCUT2D eigenvalue weighted by molar-refractivity contribution is 0.293. The molecule has 1 atom stereocenters. The van der Waals surface area contributed by atoms with E-state index in [1.165, 1.54) is 12.8 Å². The molecule has 0 saturated carbocycles. The predicted octanol–water partition coefficient (Wildman–Crippen LogP) is 1.92. The van der Waals surface area contributed by atoms with Crippen LogP contribution in [-0.4, -0.2) is 36.1 Å². The van der Waals surface area contributed by atoms with Gasteiger partial charge in [-0.05, 0) is 32.5 Å². The maximum absolute atomic E-state index is 6.03. The van der Waals surface area contributed by atoms with Crippen molar-refractivity contribution >= 4 is 11.6 Å². The number of pyridine rings is 1. The highest BCUT2D eigenvalue weighted by atomic mass is 35.5. The Labute approximate surface area is 102 Å². The molecule has 0 bridgehead atoms. The SMILES string of the molecule is CN(Cc1cccnc1Cl)CC1CCCN1. The minimum absolute atomic E-state index is 0.619. The van der Waals surface area contributed by atoms with E-state index < -0.39 is 0 Å². The Morgan fingerprint density at radius 1 is 1.62 bits per heavy atom. The van der Waals surface area contributed by atoms with Crippen LogP contribution in [0.25, 0.3) is 0 Å². The minimum Gasteiger partial charge on any atom is -0.313 e. The highest BCUT2D eigenvalue weighted by Crippen LogP contribution is 2.14. The van der Waals surface area contributed by atoms with Crippen molar-refractivity contribution < 1.29 is 0 Å². The fourth-order valence-corrected chi connectivity index (χ4v) is 2.36. The van der Waals surface area contributed by atoms with Crippen molar-refractivity contribution in [3.63, 3.8) is 0 Å². The molecule has 1 aromatic heterocycles. The van der Waals surface area contributed by atoms with Crippen molar-refractivity contribution in [2.24, 2.45) is 0 Å². The van der Waals surface area contributed by atoms with Crippen LogP contribution in [0.5, 0.6) is 0 Å². The summed E-state index contributed by atoms with van der Waals surface area (Å²) in [7, 11) is 2.13. The summed E-state index contributed by atoms with van der Waals surface area (Å²) in [6.07, 6.45) is 4.31. The van der Waals surface area contributed by atoms with Crippen molar-refractivity contribution in [2.75, 3.05) is 20.1 Å². The van der Waals surface area contributed by atoms with Crippen molar-refractivity contribution in [1.29, 1.82) is 0 Å². The van der Waals surface area contributed by atoms with Crippen molar-refractivity contribution in [1.82, 2.24) is 15.2 Å². The average Bonchev–Trinajstić information content (AvgIpc) is 2.74. The van der Waals surface area contributed by atoms with Crippen LogP contribution >= 0.6 is 11.6 Å². The lowest BCUT2D eigenvalue weighted by Gasteiger charge is -2.21. The summed E-state index contributed by atoms with van der Waals surface area (Å²) in [5, 5.41) is 4.12. The molecule has 1 saturated heterocycles. The second-order valence-electron chi connectivity index (χ2n) is 4.44. The van der Waals surface area contributed by atoms with E-state index in [4.69, 9.17) is 11.6 Å². The zero-order chi connectivity index (χ0) is 11.4. The van der Waals surface area contributed by atoms with Gasteiger partial charge in [-0.1, -0.05) is 17.7 Å². The smallest absolute Gasteiger partial charge is 0.133 e. The lowest BCUT2D eigenvalue weighted by Crippen LogP contribution is -2.35. The summed E-state index contributed by atoms with van der Waals surface area (Å²) in [6.45, 7) is 3.10. The van der Waals surface area contributed by atoms with Crippen molar-refractivity contribution in [2.45, 2.75) is 25.4 Å². The Morgan fingerprint density at radius 3 is 3.19 bits per heavy atom. The van der Waals surface area contributed by atoms with Gasteiger partial charge in [-0.25, -0.2) is 4.98 Å². The largest absolute Gasteiger partial charge is 0.313 e. The number of hydrogen-bond donors (Lipinski definition) is 1. The van der Waals surface area contributed by atoms with Gasteiger partial charge in [0.15, 0.2) is 0 Å². The first-order valence-corrected chi connectivity index (χ1v) is 6.15. The Morgan fingerprint density at radius 2 is 2.50 bits per heavy atom. The summed E-state index contributed by atoms with van der Waals surface area (Å²) < 4.78 is 0. The van der Waals surface area contributed by atoms with Gasteiger partial charge in [-0.2, -0.15) is 0 Å². The molecule has 2 heterocycles. The van der Waals surface area contributed by atoms with Crippen LogP contribution in [0.1, 0.15) is 18.4 Å². The summed E-state index contributed by atoms with van der Waals surface area (Å²) in [4.78, 5) is 6.38. The highest BCUT2D eigenvalue weighted by Gasteiger charge is 2.16. The standard InChI is InChI=1S/C12H18ClN3/c1-16(9-11-5-3-6-14-11)8-10-4-2-7-15-12(10)13/h2,4,7,11,14H,3,5-6,8-9H2,1H3. The average molecular weight is 240 g/mol. The van der Waals surface area contributed by atoms with E-state index >= 15 is 0 Å². The van der Waals surface area contributed by atoms with E-state index in [-0.39, 0.29) is 0 Å². The molecule has 0 amide bonds. The molecule has 0 aliphatic carbocycles. The third-order valence-corrected chi connectivity index (χ3v) is 3.31. The van der Waals surface area contributed by atoms with Crippen molar-refractivity contribution in [3.8, 4) is 0 Å². The van der Waals surface area contributed by atoms with E-state index in [0.717, 1.165) is 25.2 Å². The molecular formula is C12H18ClN3. The molecule has 1 aromatic rings. The summed E-state index contributed by atoms with van der Waals surface area (Å²) in [6, 6.07) is 4.61. The molecular weight excluding hydrogens is 222 g/mol. The van der Waals surface area contributed by atoms with Crippen LogP contribution in [0.2, 0.25) is 5.15 Å². The topological polar surface area (TPSA) is 28.2 Å². The van der Waals surface area contributed by atoms with Gasteiger partial charge in [-0.15, -0.1) is 0 Å². The van der Waals surface area contributed by atoms with Gasteiger partial charge < -0.3 is 10.2 Å². The monoisotopic (exact) mass is 239 g/mol. The third kappa shape index (κ3) is 3.17. The quantitative estimate of drug-likeness (QED) is 0.814. The molecule has 1 fully saturated rings. The molecule has 0 radical (unpaired) electrons. The molecule has 1 aliphatic rings. The van der Waals surface area contributed by atoms with Crippen LogP contribution in [0.15, 0.2) is 18.3 Å². The summed E-state index contributed by atoms with van der Waals surface area (Å²) >= 11 is 6.03. The normalized spacial score (nSPS) is 20.6. The van der Waals surface area contributed by atoms with Crippen molar-refractivity contribution in [3.05, 3.63) is 29.0 Å². The molecule has 0 aromatic carbocycles. The molecule has 88 valence electrons. The number of halogens is 1. The Kier molecular flexibility index (Phi) is 4.16. The lowest BCUT2D eigenvalue weighted by atomic mass is 10.2. The zero-order valence-electron chi connectivity index (χ0n) is 9.62. The fourth-order valence-electron chi connectivity index (χ4n) is 2.18. The van der Waals surface area contributed by atoms with E-state index in [9.17, 15) is 0 Å². The minimum atomic E-state index is 0.619. The van der Waals surface area contributed by atoms with E-state index in [1.54, 1.807) is 6.20 Å². The summed E-state index contributed by atoms with van der Waals surface area (Å²) in [5.41, 5.74) is 1.10. The first-order valence-electron chi connectivity index (χ1n) is 5.77. The maximum atomic E-state index is 6.03. The Bertz CT molecular complexity index is 337. The van der Waals surface area contributed by atoms with Gasteiger partial charge in [0.25, 0.3) is 0 Å². The first kappa shape index (κ1) is 11.8. The van der Waals surface area contributed by atoms with Gasteiger partial charge in [0.1, 0.15) is 5.15 Å². The number of rotatable bonds is 4. The van der Waals surface area contributed by atoms with Gasteiger partial charge in [0.05, 0.1) is 0 Å². The molecule has 3 nitrogen and oxygen atoms in total. The molecule has 0 spiro atoms. The van der Waals surface area contributed by atoms with Gasteiger partial charge in [0, 0.05) is 30.9 Å². The molecule has 4 heteroatoms. The highest BCUT2D eigenvalue weighted by molar-refractivity contribution is 6.30. The number of hydrogen-bond acceptors (Lipinski definition) is 3. The number of nitrogens with zero attached hydrogens (tertiary/aromatic N) is 2. The molecule has 1 unspecified atom stereocenters. The molecule has 1 aliphatic heterocycles. The Balaban J connectivity index is 1.86. The van der Waals surface area contributed by atoms with Crippen LogP contribution in [0.3, 0.4) is 0 Å². The fraction of sp³-hybridized carbons (Fsp3) is 0.583. The maximum Gasteiger partial charge on any atom is 0.133 e. The summed E-state index contributed by atoms with van der Waals surface area (Å²) in [5.74, 6) is 0. The Hall–Kier alpha value is -0.640.